The average molecular weight is 426 g/mol. The summed E-state index contributed by atoms with van der Waals surface area (Å²) < 4.78 is 0. The summed E-state index contributed by atoms with van der Waals surface area (Å²) >= 11 is 1.42. The van der Waals surface area contributed by atoms with Gasteiger partial charge in [-0.05, 0) is 62.2 Å². The monoisotopic (exact) mass is 425 g/mol. The molecule has 0 spiro atoms. The van der Waals surface area contributed by atoms with E-state index in [4.69, 9.17) is 5.73 Å². The van der Waals surface area contributed by atoms with E-state index in [1.54, 1.807) is 24.3 Å². The van der Waals surface area contributed by atoms with Gasteiger partial charge in [-0.3, -0.25) is 14.4 Å². The zero-order valence-electron chi connectivity index (χ0n) is 17.0. The molecule has 0 bridgehead atoms. The number of amides is 3. The molecule has 1 fully saturated rings. The highest BCUT2D eigenvalue weighted by Gasteiger charge is 2.21. The fourth-order valence-corrected chi connectivity index (χ4v) is 4.40. The first-order chi connectivity index (χ1) is 14.4. The van der Waals surface area contributed by atoms with Crippen molar-refractivity contribution in [3.63, 3.8) is 0 Å². The van der Waals surface area contributed by atoms with Crippen LogP contribution in [0, 0.1) is 5.92 Å². The molecule has 0 radical (unpaired) electrons. The van der Waals surface area contributed by atoms with Crippen LogP contribution in [0.3, 0.4) is 0 Å². The molecule has 2 aromatic rings. The van der Waals surface area contributed by atoms with Crippen molar-refractivity contribution in [1.82, 2.24) is 0 Å². The lowest BCUT2D eigenvalue weighted by molar-refractivity contribution is -0.120. The standard InChI is InChI=1S/C23H27N3O3S/c1-15(22(28)25-18-12-10-16(11-13-18)21(24)27)30-20-9-5-8-19(14-20)26-23(29)17-6-3-2-4-7-17/h5,8-15,17H,2-4,6-7H2,1H3,(H2,24,27)(H,25,28)(H,26,29). The molecule has 1 aliphatic carbocycles. The van der Waals surface area contributed by atoms with Gasteiger partial charge in [0.15, 0.2) is 0 Å². The molecule has 1 atom stereocenters. The number of hydrogen-bond acceptors (Lipinski definition) is 4. The lowest BCUT2D eigenvalue weighted by Crippen LogP contribution is -2.24. The Hall–Kier alpha value is -2.80. The number of carbonyl (C=O) groups excluding carboxylic acids is 3. The smallest absolute Gasteiger partial charge is 0.248 e. The summed E-state index contributed by atoms with van der Waals surface area (Å²) in [6.45, 7) is 1.82. The Morgan fingerprint density at radius 1 is 0.967 bits per heavy atom. The van der Waals surface area contributed by atoms with Crippen LogP contribution in [0.25, 0.3) is 0 Å². The first kappa shape index (κ1) is 21.9. The average Bonchev–Trinajstić information content (AvgIpc) is 2.75. The van der Waals surface area contributed by atoms with E-state index in [9.17, 15) is 14.4 Å². The summed E-state index contributed by atoms with van der Waals surface area (Å²) in [7, 11) is 0. The van der Waals surface area contributed by atoms with Crippen molar-refractivity contribution >= 4 is 40.9 Å². The van der Waals surface area contributed by atoms with Gasteiger partial charge in [0.1, 0.15) is 0 Å². The van der Waals surface area contributed by atoms with E-state index in [2.05, 4.69) is 10.6 Å². The van der Waals surface area contributed by atoms with E-state index in [0.717, 1.165) is 36.3 Å². The van der Waals surface area contributed by atoms with Gasteiger partial charge in [0, 0.05) is 27.8 Å². The lowest BCUT2D eigenvalue weighted by Gasteiger charge is -2.21. The Labute approximate surface area is 181 Å². The third-order valence-electron chi connectivity index (χ3n) is 5.20. The topological polar surface area (TPSA) is 101 Å². The number of carbonyl (C=O) groups is 3. The first-order valence-electron chi connectivity index (χ1n) is 10.2. The number of hydrogen-bond donors (Lipinski definition) is 3. The van der Waals surface area contributed by atoms with Gasteiger partial charge in [0.2, 0.25) is 17.7 Å². The van der Waals surface area contributed by atoms with Crippen molar-refractivity contribution in [2.75, 3.05) is 10.6 Å². The molecule has 0 aromatic heterocycles. The number of benzene rings is 2. The van der Waals surface area contributed by atoms with E-state index in [-0.39, 0.29) is 23.0 Å². The molecule has 158 valence electrons. The van der Waals surface area contributed by atoms with Crippen molar-refractivity contribution < 1.29 is 14.4 Å². The Balaban J connectivity index is 1.55. The maximum Gasteiger partial charge on any atom is 0.248 e. The number of anilines is 2. The molecule has 0 saturated heterocycles. The minimum atomic E-state index is -0.507. The second kappa shape index (κ2) is 10.3. The normalized spacial score (nSPS) is 15.2. The fraction of sp³-hybridized carbons (Fsp3) is 0.348. The van der Waals surface area contributed by atoms with Crippen LogP contribution in [0.2, 0.25) is 0 Å². The molecule has 1 saturated carbocycles. The number of nitrogens with two attached hydrogens (primary N) is 1. The van der Waals surface area contributed by atoms with Crippen LogP contribution in [0.5, 0.6) is 0 Å². The van der Waals surface area contributed by atoms with Gasteiger partial charge in [0.25, 0.3) is 0 Å². The predicted octanol–water partition coefficient (Wildman–Crippen LogP) is 4.42. The minimum absolute atomic E-state index is 0.0852. The Bertz CT molecular complexity index is 908. The van der Waals surface area contributed by atoms with Crippen molar-refractivity contribution in [1.29, 1.82) is 0 Å². The highest BCUT2D eigenvalue weighted by molar-refractivity contribution is 8.00. The van der Waals surface area contributed by atoms with Crippen LogP contribution >= 0.6 is 11.8 Å². The van der Waals surface area contributed by atoms with Gasteiger partial charge in [-0.2, -0.15) is 0 Å². The van der Waals surface area contributed by atoms with Crippen LogP contribution in [0.1, 0.15) is 49.4 Å². The van der Waals surface area contributed by atoms with Crippen molar-refractivity contribution in [3.8, 4) is 0 Å². The van der Waals surface area contributed by atoms with Crippen molar-refractivity contribution in [2.45, 2.75) is 49.2 Å². The summed E-state index contributed by atoms with van der Waals surface area (Å²) in [5.41, 5.74) is 6.98. The highest BCUT2D eigenvalue weighted by Crippen LogP contribution is 2.28. The zero-order valence-corrected chi connectivity index (χ0v) is 17.8. The Kier molecular flexibility index (Phi) is 7.52. The molecule has 1 aliphatic rings. The number of thioether (sulfide) groups is 1. The van der Waals surface area contributed by atoms with E-state index in [1.807, 2.05) is 31.2 Å². The molecule has 6 nitrogen and oxygen atoms in total. The molecule has 30 heavy (non-hydrogen) atoms. The van der Waals surface area contributed by atoms with Crippen LogP contribution in [-0.2, 0) is 9.59 Å². The van der Waals surface area contributed by atoms with Crippen LogP contribution in [0.4, 0.5) is 11.4 Å². The third kappa shape index (κ3) is 6.10. The number of nitrogens with one attached hydrogen (secondary N) is 2. The van der Waals surface area contributed by atoms with Crippen LogP contribution < -0.4 is 16.4 Å². The Morgan fingerprint density at radius 2 is 1.67 bits per heavy atom. The van der Waals surface area contributed by atoms with Crippen molar-refractivity contribution in [3.05, 3.63) is 54.1 Å². The molecule has 0 heterocycles. The molecular weight excluding hydrogens is 398 g/mol. The predicted molar refractivity (Wildman–Crippen MR) is 121 cm³/mol. The summed E-state index contributed by atoms with van der Waals surface area (Å²) in [5.74, 6) is -0.474. The molecule has 3 amide bonds. The van der Waals surface area contributed by atoms with Gasteiger partial charge in [-0.1, -0.05) is 25.3 Å². The quantitative estimate of drug-likeness (QED) is 0.571. The van der Waals surface area contributed by atoms with E-state index in [0.29, 0.717) is 11.3 Å². The summed E-state index contributed by atoms with van der Waals surface area (Å²) in [5, 5.41) is 5.51. The molecule has 0 aliphatic heterocycles. The molecule has 7 heteroatoms. The molecule has 2 aromatic carbocycles. The molecule has 4 N–H and O–H groups in total. The van der Waals surface area contributed by atoms with Gasteiger partial charge >= 0.3 is 0 Å². The zero-order chi connectivity index (χ0) is 21.5. The summed E-state index contributed by atoms with van der Waals surface area (Å²) in [6, 6.07) is 14.0. The maximum absolute atomic E-state index is 12.5. The summed E-state index contributed by atoms with van der Waals surface area (Å²) in [4.78, 5) is 37.0. The van der Waals surface area contributed by atoms with Gasteiger partial charge in [-0.25, -0.2) is 0 Å². The lowest BCUT2D eigenvalue weighted by atomic mass is 9.88. The second-order valence-corrected chi connectivity index (χ2v) is 8.96. The molecule has 3 rings (SSSR count). The highest BCUT2D eigenvalue weighted by atomic mass is 32.2. The Morgan fingerprint density at radius 3 is 2.33 bits per heavy atom. The van der Waals surface area contributed by atoms with E-state index < -0.39 is 5.91 Å². The second-order valence-electron chi connectivity index (χ2n) is 7.54. The SMILES string of the molecule is CC(Sc1cccc(NC(=O)C2CCCCC2)c1)C(=O)Nc1ccc(C(N)=O)cc1. The van der Waals surface area contributed by atoms with E-state index in [1.165, 1.54) is 18.2 Å². The number of primary amides is 1. The van der Waals surface area contributed by atoms with Gasteiger partial charge in [0.05, 0.1) is 5.25 Å². The van der Waals surface area contributed by atoms with Crippen LogP contribution in [0.15, 0.2) is 53.4 Å². The molecular formula is C23H27N3O3S. The summed E-state index contributed by atoms with van der Waals surface area (Å²) in [6.07, 6.45) is 5.36. The third-order valence-corrected chi connectivity index (χ3v) is 6.29. The largest absolute Gasteiger partial charge is 0.366 e. The van der Waals surface area contributed by atoms with Crippen LogP contribution in [-0.4, -0.2) is 23.0 Å². The fourth-order valence-electron chi connectivity index (χ4n) is 3.48. The van der Waals surface area contributed by atoms with Gasteiger partial charge in [-0.15, -0.1) is 11.8 Å². The van der Waals surface area contributed by atoms with Crippen molar-refractivity contribution in [2.24, 2.45) is 11.7 Å². The van der Waals surface area contributed by atoms with E-state index >= 15 is 0 Å². The first-order valence-corrected chi connectivity index (χ1v) is 11.1. The molecule has 1 unspecified atom stereocenters. The van der Waals surface area contributed by atoms with Gasteiger partial charge < -0.3 is 16.4 Å². The minimum Gasteiger partial charge on any atom is -0.366 e. The number of rotatable bonds is 7. The maximum atomic E-state index is 12.5.